The van der Waals surface area contributed by atoms with Crippen molar-refractivity contribution in [2.24, 2.45) is 0 Å². The number of carbonyl (C=O) groups is 1. The fourth-order valence-corrected chi connectivity index (χ4v) is 3.40. The summed E-state index contributed by atoms with van der Waals surface area (Å²) >= 11 is 5.88. The molecule has 2 aromatic rings. The largest absolute Gasteiger partial charge is 0.392 e. The molecule has 1 aliphatic rings. The molecule has 1 N–H and O–H groups in total. The van der Waals surface area contributed by atoms with Crippen LogP contribution in [0.25, 0.3) is 0 Å². The van der Waals surface area contributed by atoms with Crippen molar-refractivity contribution >= 4 is 17.5 Å². The van der Waals surface area contributed by atoms with Crippen LogP contribution < -0.4 is 0 Å². The molecule has 2 heterocycles. The highest BCUT2D eigenvalue weighted by atomic mass is 35.5. The fourth-order valence-electron chi connectivity index (χ4n) is 3.28. The van der Waals surface area contributed by atoms with Crippen molar-refractivity contribution in [2.45, 2.75) is 38.7 Å². The second-order valence-electron chi connectivity index (χ2n) is 6.44. The first-order valence-corrected chi connectivity index (χ1v) is 8.90. The SMILES string of the molecule is Cc1ncc(CO)c(C2CCN(C(=O)Cc3ccc(Cl)cc3)CC2)n1. The highest BCUT2D eigenvalue weighted by Gasteiger charge is 2.26. The summed E-state index contributed by atoms with van der Waals surface area (Å²) in [6, 6.07) is 7.41. The molecule has 132 valence electrons. The first-order chi connectivity index (χ1) is 12.1. The zero-order valence-electron chi connectivity index (χ0n) is 14.3. The van der Waals surface area contributed by atoms with Gasteiger partial charge in [-0.25, -0.2) is 9.97 Å². The van der Waals surface area contributed by atoms with E-state index in [0.717, 1.165) is 29.7 Å². The highest BCUT2D eigenvalue weighted by Crippen LogP contribution is 2.29. The zero-order chi connectivity index (χ0) is 17.8. The van der Waals surface area contributed by atoms with E-state index in [1.807, 2.05) is 36.1 Å². The Morgan fingerprint density at radius 1 is 1.28 bits per heavy atom. The number of likely N-dealkylation sites (tertiary alicyclic amines) is 1. The maximum Gasteiger partial charge on any atom is 0.226 e. The molecule has 0 aliphatic carbocycles. The van der Waals surface area contributed by atoms with Crippen molar-refractivity contribution in [1.82, 2.24) is 14.9 Å². The van der Waals surface area contributed by atoms with Gasteiger partial charge in [0.2, 0.25) is 5.91 Å². The summed E-state index contributed by atoms with van der Waals surface area (Å²) in [5.41, 5.74) is 2.70. The molecule has 1 aromatic carbocycles. The number of rotatable bonds is 4. The zero-order valence-corrected chi connectivity index (χ0v) is 15.0. The van der Waals surface area contributed by atoms with Gasteiger partial charge in [0.1, 0.15) is 5.82 Å². The van der Waals surface area contributed by atoms with E-state index in [2.05, 4.69) is 9.97 Å². The number of amides is 1. The molecule has 0 unspecified atom stereocenters. The van der Waals surface area contributed by atoms with Crippen molar-refractivity contribution in [3.63, 3.8) is 0 Å². The molecule has 0 spiro atoms. The Balaban J connectivity index is 1.61. The minimum absolute atomic E-state index is 0.0503. The molecule has 1 saturated heterocycles. The standard InChI is InChI=1S/C19H22ClN3O2/c1-13-21-11-16(12-24)19(22-13)15-6-8-23(9-7-15)18(25)10-14-2-4-17(20)5-3-14/h2-5,11,15,24H,6-10,12H2,1H3. The van der Waals surface area contributed by atoms with Gasteiger partial charge in [-0.3, -0.25) is 4.79 Å². The number of aromatic nitrogens is 2. The molecule has 3 rings (SSSR count). The maximum absolute atomic E-state index is 12.5. The van der Waals surface area contributed by atoms with E-state index >= 15 is 0 Å². The highest BCUT2D eigenvalue weighted by molar-refractivity contribution is 6.30. The number of nitrogens with zero attached hydrogens (tertiary/aromatic N) is 3. The molecular weight excluding hydrogens is 338 g/mol. The maximum atomic E-state index is 12.5. The molecule has 5 nitrogen and oxygen atoms in total. The van der Waals surface area contributed by atoms with Gasteiger partial charge >= 0.3 is 0 Å². The number of piperidine rings is 1. The summed E-state index contributed by atoms with van der Waals surface area (Å²) in [4.78, 5) is 23.1. The molecule has 0 saturated carbocycles. The minimum Gasteiger partial charge on any atom is -0.392 e. The van der Waals surface area contributed by atoms with Crippen LogP contribution in [0.4, 0.5) is 0 Å². The summed E-state index contributed by atoms with van der Waals surface area (Å²) in [6.45, 7) is 3.23. The molecule has 1 aliphatic heterocycles. The van der Waals surface area contributed by atoms with E-state index < -0.39 is 0 Å². The van der Waals surface area contributed by atoms with Gasteiger partial charge in [-0.15, -0.1) is 0 Å². The average Bonchev–Trinajstić information content (AvgIpc) is 2.63. The van der Waals surface area contributed by atoms with E-state index in [1.165, 1.54) is 0 Å². The second-order valence-corrected chi connectivity index (χ2v) is 6.88. The van der Waals surface area contributed by atoms with Gasteiger partial charge in [-0.2, -0.15) is 0 Å². The lowest BCUT2D eigenvalue weighted by molar-refractivity contribution is -0.131. The van der Waals surface area contributed by atoms with Crippen LogP contribution in [-0.2, 0) is 17.8 Å². The van der Waals surface area contributed by atoms with Gasteiger partial charge in [-0.05, 0) is 37.5 Å². The monoisotopic (exact) mass is 359 g/mol. The van der Waals surface area contributed by atoms with Gasteiger partial charge in [0.05, 0.1) is 18.7 Å². The number of hydrogen-bond donors (Lipinski definition) is 1. The van der Waals surface area contributed by atoms with Gasteiger partial charge in [0, 0.05) is 35.8 Å². The van der Waals surface area contributed by atoms with Gasteiger partial charge in [-0.1, -0.05) is 23.7 Å². The Kier molecular flexibility index (Phi) is 5.66. The van der Waals surface area contributed by atoms with E-state index in [9.17, 15) is 9.90 Å². The second kappa shape index (κ2) is 7.93. The molecule has 1 amide bonds. The molecule has 0 atom stereocenters. The van der Waals surface area contributed by atoms with Crippen molar-refractivity contribution in [1.29, 1.82) is 0 Å². The van der Waals surface area contributed by atoms with Crippen LogP contribution in [0.3, 0.4) is 0 Å². The first-order valence-electron chi connectivity index (χ1n) is 8.52. The predicted octanol–water partition coefficient (Wildman–Crippen LogP) is 2.88. The minimum atomic E-state index is -0.0503. The number of benzene rings is 1. The number of carbonyl (C=O) groups excluding carboxylic acids is 1. The topological polar surface area (TPSA) is 66.3 Å². The smallest absolute Gasteiger partial charge is 0.226 e. The van der Waals surface area contributed by atoms with E-state index in [0.29, 0.717) is 30.4 Å². The van der Waals surface area contributed by atoms with Crippen LogP contribution in [0.5, 0.6) is 0 Å². The van der Waals surface area contributed by atoms with Gasteiger partial charge < -0.3 is 10.0 Å². The Bertz CT molecular complexity index is 741. The molecule has 25 heavy (non-hydrogen) atoms. The molecule has 0 radical (unpaired) electrons. The third-order valence-electron chi connectivity index (χ3n) is 4.69. The van der Waals surface area contributed by atoms with Crippen molar-refractivity contribution in [2.75, 3.05) is 13.1 Å². The summed E-state index contributed by atoms with van der Waals surface area (Å²) < 4.78 is 0. The molecule has 6 heteroatoms. The first kappa shape index (κ1) is 17.8. The van der Waals surface area contributed by atoms with Gasteiger partial charge in [0.25, 0.3) is 0 Å². The van der Waals surface area contributed by atoms with E-state index in [4.69, 9.17) is 11.6 Å². The summed E-state index contributed by atoms with van der Waals surface area (Å²) in [5.74, 6) is 1.12. The summed E-state index contributed by atoms with van der Waals surface area (Å²) in [5, 5.41) is 10.2. The lowest BCUT2D eigenvalue weighted by atomic mass is 9.90. The van der Waals surface area contributed by atoms with Crippen LogP contribution in [0.15, 0.2) is 30.5 Å². The van der Waals surface area contributed by atoms with E-state index in [-0.39, 0.29) is 18.4 Å². The Hall–Kier alpha value is -1.98. The molecule has 1 aromatic heterocycles. The third kappa shape index (κ3) is 4.35. The predicted molar refractivity (Wildman–Crippen MR) is 96.4 cm³/mol. The summed E-state index contributed by atoms with van der Waals surface area (Å²) in [7, 11) is 0. The Morgan fingerprint density at radius 3 is 2.60 bits per heavy atom. The van der Waals surface area contributed by atoms with Crippen LogP contribution >= 0.6 is 11.6 Å². The number of halogens is 1. The molecule has 1 fully saturated rings. The molecular formula is C19H22ClN3O2. The fraction of sp³-hybridized carbons (Fsp3) is 0.421. The normalized spacial score (nSPS) is 15.4. The van der Waals surface area contributed by atoms with E-state index in [1.54, 1.807) is 6.20 Å². The number of aryl methyl sites for hydroxylation is 1. The van der Waals surface area contributed by atoms with Crippen LogP contribution in [-0.4, -0.2) is 39.0 Å². The lowest BCUT2D eigenvalue weighted by Gasteiger charge is -2.32. The van der Waals surface area contributed by atoms with Gasteiger partial charge in [0.15, 0.2) is 0 Å². The average molecular weight is 360 g/mol. The van der Waals surface area contributed by atoms with Crippen LogP contribution in [0.1, 0.15) is 41.4 Å². The number of hydrogen-bond acceptors (Lipinski definition) is 4. The van der Waals surface area contributed by atoms with Crippen molar-refractivity contribution in [3.05, 3.63) is 58.1 Å². The number of aliphatic hydroxyl groups is 1. The molecule has 0 bridgehead atoms. The van der Waals surface area contributed by atoms with Crippen molar-refractivity contribution in [3.8, 4) is 0 Å². The summed E-state index contributed by atoms with van der Waals surface area (Å²) in [6.07, 6.45) is 3.82. The third-order valence-corrected chi connectivity index (χ3v) is 4.94. The van der Waals surface area contributed by atoms with Crippen molar-refractivity contribution < 1.29 is 9.90 Å². The quantitative estimate of drug-likeness (QED) is 0.911. The van der Waals surface area contributed by atoms with Crippen LogP contribution in [0, 0.1) is 6.92 Å². The lowest BCUT2D eigenvalue weighted by Crippen LogP contribution is -2.39. The Labute approximate surface area is 152 Å². The van der Waals surface area contributed by atoms with Crippen LogP contribution in [0.2, 0.25) is 5.02 Å². The number of aliphatic hydroxyl groups excluding tert-OH is 1. The Morgan fingerprint density at radius 2 is 1.96 bits per heavy atom.